The van der Waals surface area contributed by atoms with Gasteiger partial charge in [0, 0.05) is 24.7 Å². The van der Waals surface area contributed by atoms with Crippen molar-refractivity contribution >= 4 is 15.1 Å². The second-order valence-electron chi connectivity index (χ2n) is 3.63. The first kappa shape index (κ1) is 9.94. The van der Waals surface area contributed by atoms with Gasteiger partial charge in [-0.3, -0.25) is 4.79 Å². The largest absolute Gasteiger partial charge is 0.391 e. The van der Waals surface area contributed by atoms with Crippen LogP contribution in [-0.2, 0) is 4.79 Å². The van der Waals surface area contributed by atoms with Crippen LogP contribution in [0.2, 0.25) is 0 Å². The van der Waals surface area contributed by atoms with Crippen molar-refractivity contribution in [2.24, 2.45) is 5.92 Å². The van der Waals surface area contributed by atoms with E-state index in [9.17, 15) is 9.90 Å². The zero-order valence-corrected chi connectivity index (χ0v) is 8.68. The maximum absolute atomic E-state index is 11.4. The highest BCUT2D eigenvalue weighted by molar-refractivity contribution is 7.17. The van der Waals surface area contributed by atoms with Gasteiger partial charge in [-0.1, -0.05) is 13.8 Å². The van der Waals surface area contributed by atoms with E-state index in [-0.39, 0.29) is 23.6 Å². The molecule has 0 aliphatic carbocycles. The molecule has 0 aromatic carbocycles. The lowest BCUT2D eigenvalue weighted by Crippen LogP contribution is -2.32. The van der Waals surface area contributed by atoms with E-state index < -0.39 is 0 Å². The fraction of sp³-hybridized carbons (Fsp3) is 0.875. The molecule has 1 aliphatic heterocycles. The normalized spacial score (nSPS) is 29.9. The van der Waals surface area contributed by atoms with Crippen LogP contribution in [0.15, 0.2) is 0 Å². The summed E-state index contributed by atoms with van der Waals surface area (Å²) < 4.78 is 0. The van der Waals surface area contributed by atoms with Gasteiger partial charge in [0.05, 0.1) is 6.10 Å². The van der Waals surface area contributed by atoms with Crippen LogP contribution in [0.3, 0.4) is 0 Å². The van der Waals surface area contributed by atoms with E-state index in [4.69, 9.17) is 0 Å². The van der Waals surface area contributed by atoms with Crippen molar-refractivity contribution in [3.05, 3.63) is 0 Å². The van der Waals surface area contributed by atoms with Crippen molar-refractivity contribution in [1.29, 1.82) is 0 Å². The molecule has 1 N–H and O–H groups in total. The Morgan fingerprint density at radius 1 is 1.58 bits per heavy atom. The minimum absolute atomic E-state index is 0.0347. The highest BCUT2D eigenvalue weighted by Gasteiger charge is 2.31. The summed E-state index contributed by atoms with van der Waals surface area (Å²) in [5, 5.41) is 9.38. The predicted octanol–water partition coefficient (Wildman–Crippen LogP) is 0.0892. The molecule has 70 valence electrons. The van der Waals surface area contributed by atoms with Crippen LogP contribution < -0.4 is 0 Å². The molecule has 2 unspecified atom stereocenters. The third kappa shape index (κ3) is 1.96. The van der Waals surface area contributed by atoms with Crippen molar-refractivity contribution < 1.29 is 9.90 Å². The summed E-state index contributed by atoms with van der Waals surface area (Å²) in [6, 6.07) is 0. The molecule has 0 saturated carbocycles. The highest BCUT2D eigenvalue weighted by atomic mass is 31.0. The number of carbonyl (C=O) groups is 1. The van der Waals surface area contributed by atoms with Gasteiger partial charge in [0.2, 0.25) is 5.91 Å². The molecule has 0 bridgehead atoms. The fourth-order valence-electron chi connectivity index (χ4n) is 1.36. The van der Waals surface area contributed by atoms with Crippen LogP contribution in [0.5, 0.6) is 0 Å². The van der Waals surface area contributed by atoms with Gasteiger partial charge in [-0.05, 0) is 0 Å². The Morgan fingerprint density at radius 2 is 2.17 bits per heavy atom. The molecule has 12 heavy (non-hydrogen) atoms. The number of rotatable bonds is 1. The van der Waals surface area contributed by atoms with Gasteiger partial charge >= 0.3 is 0 Å². The van der Waals surface area contributed by atoms with E-state index in [1.54, 1.807) is 4.90 Å². The van der Waals surface area contributed by atoms with Gasteiger partial charge in [-0.25, -0.2) is 0 Å². The molecule has 4 heteroatoms. The summed E-state index contributed by atoms with van der Waals surface area (Å²) in [6.07, 6.45) is -0.363. The maximum Gasteiger partial charge on any atom is 0.225 e. The molecule has 1 aliphatic rings. The van der Waals surface area contributed by atoms with Crippen LogP contribution in [-0.4, -0.2) is 40.8 Å². The molecule has 1 heterocycles. The van der Waals surface area contributed by atoms with E-state index >= 15 is 0 Å². The Morgan fingerprint density at radius 3 is 2.50 bits per heavy atom. The smallest absolute Gasteiger partial charge is 0.225 e. The number of hydrogen-bond donors (Lipinski definition) is 1. The summed E-state index contributed by atoms with van der Waals surface area (Å²) in [7, 11) is 2.57. The maximum atomic E-state index is 11.4. The Bertz CT molecular complexity index is 174. The average molecular weight is 189 g/mol. The molecule has 1 rings (SSSR count). The summed E-state index contributed by atoms with van der Waals surface area (Å²) >= 11 is 0. The van der Waals surface area contributed by atoms with Crippen LogP contribution in [0, 0.1) is 5.92 Å². The topological polar surface area (TPSA) is 40.5 Å². The van der Waals surface area contributed by atoms with Crippen LogP contribution in [0.4, 0.5) is 0 Å². The number of β-amino-alcohol motifs (C(OH)–C–C–N with tert-alkyl or cyclic N) is 1. The molecule has 0 aromatic heterocycles. The third-order valence-corrected chi connectivity index (χ3v) is 2.79. The third-order valence-electron chi connectivity index (χ3n) is 2.14. The van der Waals surface area contributed by atoms with Gasteiger partial charge in [0.25, 0.3) is 0 Å². The number of amides is 1. The lowest BCUT2D eigenvalue weighted by Gasteiger charge is -2.17. The molecule has 1 fully saturated rings. The Hall–Kier alpha value is -0.140. The summed E-state index contributed by atoms with van der Waals surface area (Å²) in [6.45, 7) is 4.92. The molecule has 0 spiro atoms. The monoisotopic (exact) mass is 189 g/mol. The second-order valence-corrected chi connectivity index (χ2v) is 4.49. The van der Waals surface area contributed by atoms with E-state index in [1.807, 2.05) is 13.8 Å². The summed E-state index contributed by atoms with van der Waals surface area (Å²) in [5.41, 5.74) is 0.146. The molecule has 3 nitrogen and oxygen atoms in total. The van der Waals surface area contributed by atoms with Crippen molar-refractivity contribution in [3.8, 4) is 0 Å². The number of carbonyl (C=O) groups excluding carboxylic acids is 1. The summed E-state index contributed by atoms with van der Waals surface area (Å²) in [4.78, 5) is 13.2. The zero-order chi connectivity index (χ0) is 9.30. The van der Waals surface area contributed by atoms with Crippen LogP contribution in [0.25, 0.3) is 0 Å². The van der Waals surface area contributed by atoms with E-state index in [2.05, 4.69) is 9.24 Å². The molecule has 3 atom stereocenters. The lowest BCUT2D eigenvalue weighted by molar-refractivity contribution is -0.133. The Labute approximate surface area is 75.3 Å². The predicted molar refractivity (Wildman–Crippen MR) is 50.9 cm³/mol. The standard InChI is InChI=1S/C8H16NO2P/c1-5(2)8(11)9-3-6(10)7(12)4-9/h5-7,10H,3-4,12H2,1-2H3/t6?,7-/m1/s1. The highest BCUT2D eigenvalue weighted by Crippen LogP contribution is 2.19. The lowest BCUT2D eigenvalue weighted by atomic mass is 10.2. The van der Waals surface area contributed by atoms with Crippen molar-refractivity contribution in [2.75, 3.05) is 13.1 Å². The Balaban J connectivity index is 2.52. The van der Waals surface area contributed by atoms with E-state index in [0.29, 0.717) is 13.1 Å². The van der Waals surface area contributed by atoms with Gasteiger partial charge in [-0.2, -0.15) is 0 Å². The van der Waals surface area contributed by atoms with E-state index in [1.165, 1.54) is 0 Å². The van der Waals surface area contributed by atoms with Crippen LogP contribution in [0.1, 0.15) is 13.8 Å². The molecular formula is C8H16NO2P. The zero-order valence-electron chi connectivity index (χ0n) is 7.53. The number of nitrogens with zero attached hydrogens (tertiary/aromatic N) is 1. The average Bonchev–Trinajstić information content (AvgIpc) is 2.30. The number of aliphatic hydroxyl groups excluding tert-OH is 1. The van der Waals surface area contributed by atoms with Crippen molar-refractivity contribution in [1.82, 2.24) is 4.90 Å². The first-order chi connectivity index (χ1) is 5.52. The first-order valence-electron chi connectivity index (χ1n) is 4.24. The quantitative estimate of drug-likeness (QED) is 0.594. The molecular weight excluding hydrogens is 173 g/mol. The molecule has 1 amide bonds. The first-order valence-corrected chi connectivity index (χ1v) is 4.91. The van der Waals surface area contributed by atoms with Gasteiger partial charge in [0.1, 0.15) is 0 Å². The fourth-order valence-corrected chi connectivity index (χ4v) is 1.73. The Kier molecular flexibility index (Phi) is 3.08. The molecule has 0 aromatic rings. The molecule has 0 radical (unpaired) electrons. The van der Waals surface area contributed by atoms with Gasteiger partial charge in [-0.15, -0.1) is 9.24 Å². The number of aliphatic hydroxyl groups is 1. The van der Waals surface area contributed by atoms with Gasteiger partial charge < -0.3 is 10.0 Å². The SMILES string of the molecule is CC(C)C(=O)N1CC(O)[C@H](P)C1. The number of likely N-dealkylation sites (tertiary alicyclic amines) is 1. The minimum Gasteiger partial charge on any atom is -0.391 e. The van der Waals surface area contributed by atoms with Crippen molar-refractivity contribution in [3.63, 3.8) is 0 Å². The van der Waals surface area contributed by atoms with Crippen LogP contribution >= 0.6 is 9.24 Å². The molecule has 1 saturated heterocycles. The van der Waals surface area contributed by atoms with E-state index in [0.717, 1.165) is 0 Å². The van der Waals surface area contributed by atoms with Gasteiger partial charge in [0.15, 0.2) is 0 Å². The minimum atomic E-state index is -0.363. The second kappa shape index (κ2) is 3.71. The summed E-state index contributed by atoms with van der Waals surface area (Å²) in [5.74, 6) is 0.173. The van der Waals surface area contributed by atoms with Crippen molar-refractivity contribution in [2.45, 2.75) is 25.6 Å². The number of hydrogen-bond acceptors (Lipinski definition) is 2.